The molecule has 0 bridgehead atoms. The van der Waals surface area contributed by atoms with Gasteiger partial charge in [0.1, 0.15) is 11.3 Å². The van der Waals surface area contributed by atoms with Crippen molar-refractivity contribution in [3.05, 3.63) is 90.4 Å². The van der Waals surface area contributed by atoms with Gasteiger partial charge in [-0.15, -0.1) is 0 Å². The van der Waals surface area contributed by atoms with Crippen molar-refractivity contribution < 1.29 is 22.4 Å². The molecule has 2 heterocycles. The van der Waals surface area contributed by atoms with E-state index in [1.165, 1.54) is 23.3 Å². The van der Waals surface area contributed by atoms with Gasteiger partial charge in [-0.05, 0) is 36.8 Å². The molecular formula is C24H25N3O5S. The first-order valence-corrected chi connectivity index (χ1v) is 11.9. The number of rotatable bonds is 7. The van der Waals surface area contributed by atoms with Gasteiger partial charge in [0, 0.05) is 13.1 Å². The van der Waals surface area contributed by atoms with E-state index >= 15 is 0 Å². The number of amides is 2. The van der Waals surface area contributed by atoms with Crippen LogP contribution in [0.3, 0.4) is 0 Å². The summed E-state index contributed by atoms with van der Waals surface area (Å²) in [5.41, 5.74) is -0.554. The molecule has 9 heteroatoms. The van der Waals surface area contributed by atoms with Crippen LogP contribution in [-0.2, 0) is 32.7 Å². The van der Waals surface area contributed by atoms with Crippen LogP contribution in [0.5, 0.6) is 0 Å². The van der Waals surface area contributed by atoms with E-state index in [1.807, 2.05) is 30.3 Å². The molecule has 1 fully saturated rings. The van der Waals surface area contributed by atoms with Gasteiger partial charge in [0.2, 0.25) is 21.8 Å². The standard InChI is InChI=1S/C24H25N3O5S/c1-24(23(29)25-15-19-9-4-2-5-10-19)18-26(33(30,31)21-12-6-3-7-13-21)17-22(28)27(24)16-20-11-8-14-32-20/h2-14H,15-18H2,1H3,(H,25,29)/t24-/m0/s1. The Kier molecular flexibility index (Phi) is 6.35. The maximum atomic E-state index is 13.4. The Morgan fingerprint density at radius 2 is 1.70 bits per heavy atom. The van der Waals surface area contributed by atoms with Crippen molar-refractivity contribution in [3.63, 3.8) is 0 Å². The van der Waals surface area contributed by atoms with E-state index in [0.717, 1.165) is 9.87 Å². The van der Waals surface area contributed by atoms with Crippen LogP contribution in [0.2, 0.25) is 0 Å². The van der Waals surface area contributed by atoms with Gasteiger partial charge in [-0.2, -0.15) is 4.31 Å². The number of benzene rings is 2. The number of carbonyl (C=O) groups is 2. The second-order valence-electron chi connectivity index (χ2n) is 8.09. The minimum atomic E-state index is -3.97. The van der Waals surface area contributed by atoms with E-state index in [0.29, 0.717) is 5.76 Å². The molecule has 0 radical (unpaired) electrons. The molecule has 1 aliphatic heterocycles. The van der Waals surface area contributed by atoms with Crippen LogP contribution >= 0.6 is 0 Å². The van der Waals surface area contributed by atoms with Gasteiger partial charge < -0.3 is 14.6 Å². The van der Waals surface area contributed by atoms with Gasteiger partial charge in [-0.1, -0.05) is 48.5 Å². The van der Waals surface area contributed by atoms with E-state index in [4.69, 9.17) is 4.42 Å². The van der Waals surface area contributed by atoms with Crippen LogP contribution < -0.4 is 5.32 Å². The lowest BCUT2D eigenvalue weighted by molar-refractivity contribution is -0.154. The smallest absolute Gasteiger partial charge is 0.247 e. The topological polar surface area (TPSA) is 99.9 Å². The number of carbonyl (C=O) groups excluding carboxylic acids is 2. The number of sulfonamides is 1. The first-order valence-electron chi connectivity index (χ1n) is 10.5. The van der Waals surface area contributed by atoms with Gasteiger partial charge in [0.25, 0.3) is 0 Å². The maximum Gasteiger partial charge on any atom is 0.247 e. The summed E-state index contributed by atoms with van der Waals surface area (Å²) in [7, 11) is -3.97. The van der Waals surface area contributed by atoms with E-state index in [-0.39, 0.29) is 31.1 Å². The molecule has 4 rings (SSSR count). The van der Waals surface area contributed by atoms with Crippen molar-refractivity contribution in [2.24, 2.45) is 0 Å². The summed E-state index contributed by atoms with van der Waals surface area (Å²) in [5.74, 6) is -0.418. The summed E-state index contributed by atoms with van der Waals surface area (Å²) in [6.07, 6.45) is 1.49. The molecule has 1 saturated heterocycles. The summed E-state index contributed by atoms with van der Waals surface area (Å²) in [6, 6.07) is 20.7. The summed E-state index contributed by atoms with van der Waals surface area (Å²) < 4.78 is 33.0. The normalized spacial score (nSPS) is 19.4. The Balaban J connectivity index is 1.64. The molecule has 0 unspecified atom stereocenters. The van der Waals surface area contributed by atoms with Crippen LogP contribution in [0.1, 0.15) is 18.2 Å². The van der Waals surface area contributed by atoms with E-state index < -0.39 is 27.4 Å². The highest BCUT2D eigenvalue weighted by Crippen LogP contribution is 2.29. The van der Waals surface area contributed by atoms with Crippen molar-refractivity contribution in [2.45, 2.75) is 30.4 Å². The molecule has 0 saturated carbocycles. The fourth-order valence-electron chi connectivity index (χ4n) is 3.89. The molecule has 3 aromatic rings. The highest BCUT2D eigenvalue weighted by Gasteiger charge is 2.50. The number of furan rings is 1. The lowest BCUT2D eigenvalue weighted by atomic mass is 9.95. The molecule has 1 atom stereocenters. The fourth-order valence-corrected chi connectivity index (χ4v) is 5.39. The summed E-state index contributed by atoms with van der Waals surface area (Å²) >= 11 is 0. The number of hydrogen-bond donors (Lipinski definition) is 1. The van der Waals surface area contributed by atoms with Gasteiger partial charge in [-0.25, -0.2) is 8.42 Å². The van der Waals surface area contributed by atoms with Crippen LogP contribution in [0.25, 0.3) is 0 Å². The zero-order chi connectivity index (χ0) is 23.5. The van der Waals surface area contributed by atoms with Crippen molar-refractivity contribution in [3.8, 4) is 0 Å². The predicted octanol–water partition coefficient (Wildman–Crippen LogP) is 2.39. The monoisotopic (exact) mass is 467 g/mol. The summed E-state index contributed by atoms with van der Waals surface area (Å²) in [5, 5.41) is 2.87. The minimum absolute atomic E-state index is 0.0559. The first kappa shape index (κ1) is 22.8. The van der Waals surface area contributed by atoms with E-state index in [2.05, 4.69) is 5.32 Å². The van der Waals surface area contributed by atoms with Gasteiger partial charge >= 0.3 is 0 Å². The fraction of sp³-hybridized carbons (Fsp3) is 0.250. The molecule has 2 amide bonds. The molecule has 1 N–H and O–H groups in total. The minimum Gasteiger partial charge on any atom is -0.467 e. The molecular weight excluding hydrogens is 442 g/mol. The molecule has 2 aromatic carbocycles. The van der Waals surface area contributed by atoms with Crippen LogP contribution in [0.15, 0.2) is 88.4 Å². The Morgan fingerprint density at radius 3 is 2.33 bits per heavy atom. The van der Waals surface area contributed by atoms with Crippen LogP contribution in [0, 0.1) is 0 Å². The van der Waals surface area contributed by atoms with Crippen LogP contribution in [-0.4, -0.2) is 48.1 Å². The third-order valence-electron chi connectivity index (χ3n) is 5.75. The van der Waals surface area contributed by atoms with Crippen LogP contribution in [0.4, 0.5) is 0 Å². The average molecular weight is 468 g/mol. The highest BCUT2D eigenvalue weighted by molar-refractivity contribution is 7.89. The Labute approximate surface area is 192 Å². The number of hydrogen-bond acceptors (Lipinski definition) is 5. The second-order valence-corrected chi connectivity index (χ2v) is 10.0. The second kappa shape index (κ2) is 9.21. The summed E-state index contributed by atoms with van der Waals surface area (Å²) in [4.78, 5) is 28.1. The first-order chi connectivity index (χ1) is 15.8. The number of nitrogens with one attached hydrogen (secondary N) is 1. The molecule has 1 aliphatic rings. The Morgan fingerprint density at radius 1 is 1.03 bits per heavy atom. The van der Waals surface area contributed by atoms with Crippen molar-refractivity contribution in [1.29, 1.82) is 0 Å². The highest BCUT2D eigenvalue weighted by atomic mass is 32.2. The zero-order valence-corrected chi connectivity index (χ0v) is 19.0. The molecule has 8 nitrogen and oxygen atoms in total. The van der Waals surface area contributed by atoms with Gasteiger partial charge in [0.15, 0.2) is 0 Å². The molecule has 172 valence electrons. The van der Waals surface area contributed by atoms with Crippen molar-refractivity contribution in [1.82, 2.24) is 14.5 Å². The van der Waals surface area contributed by atoms with E-state index in [1.54, 1.807) is 37.3 Å². The number of nitrogens with zero attached hydrogens (tertiary/aromatic N) is 2. The predicted molar refractivity (Wildman–Crippen MR) is 121 cm³/mol. The zero-order valence-electron chi connectivity index (χ0n) is 18.2. The van der Waals surface area contributed by atoms with Crippen molar-refractivity contribution >= 4 is 21.8 Å². The molecule has 1 aromatic heterocycles. The molecule has 0 spiro atoms. The summed E-state index contributed by atoms with van der Waals surface area (Å²) in [6.45, 7) is 1.35. The number of piperazine rings is 1. The Bertz CT molecular complexity index is 1210. The van der Waals surface area contributed by atoms with E-state index in [9.17, 15) is 18.0 Å². The van der Waals surface area contributed by atoms with Gasteiger partial charge in [0.05, 0.1) is 24.2 Å². The quantitative estimate of drug-likeness (QED) is 0.575. The lowest BCUT2D eigenvalue weighted by Crippen LogP contribution is -2.69. The third-order valence-corrected chi connectivity index (χ3v) is 7.56. The largest absolute Gasteiger partial charge is 0.467 e. The SMILES string of the molecule is C[C@@]1(C(=O)NCc2ccccc2)CN(S(=O)(=O)c2ccccc2)CC(=O)N1Cc1ccco1. The molecule has 0 aliphatic carbocycles. The van der Waals surface area contributed by atoms with Crippen molar-refractivity contribution in [2.75, 3.05) is 13.1 Å². The Hall–Kier alpha value is -3.43. The lowest BCUT2D eigenvalue weighted by Gasteiger charge is -2.46. The molecule has 33 heavy (non-hydrogen) atoms. The third kappa shape index (κ3) is 4.69. The average Bonchev–Trinajstić information content (AvgIpc) is 3.34. The van der Waals surface area contributed by atoms with Gasteiger partial charge in [-0.3, -0.25) is 9.59 Å². The maximum absolute atomic E-state index is 13.4.